The first kappa shape index (κ1) is 47.5. The molecule has 10 aromatic carbocycles. The van der Waals surface area contributed by atoms with E-state index in [4.69, 9.17) is 0 Å². The van der Waals surface area contributed by atoms with Gasteiger partial charge in [-0.1, -0.05) is 140 Å². The molecule has 0 heterocycles. The van der Waals surface area contributed by atoms with E-state index in [0.29, 0.717) is 0 Å². The van der Waals surface area contributed by atoms with Crippen molar-refractivity contribution in [1.29, 1.82) is 0 Å². The maximum Gasteiger partial charge on any atom is 0.0488 e. The summed E-state index contributed by atoms with van der Waals surface area (Å²) in [4.78, 5) is 4.88. The van der Waals surface area contributed by atoms with Crippen LogP contribution in [0.15, 0.2) is 206 Å². The van der Waals surface area contributed by atoms with E-state index < -0.39 is 0 Å². The zero-order chi connectivity index (χ0) is 50.2. The zero-order valence-electron chi connectivity index (χ0n) is 43.5. The molecule has 0 bridgehead atoms. The fourth-order valence-corrected chi connectivity index (χ4v) is 11.3. The molecule has 0 radical (unpaired) electrons. The molecule has 354 valence electrons. The van der Waals surface area contributed by atoms with Gasteiger partial charge >= 0.3 is 0 Å². The lowest BCUT2D eigenvalue weighted by atomic mass is 9.93. The van der Waals surface area contributed by atoms with Gasteiger partial charge < -0.3 is 9.80 Å². The summed E-state index contributed by atoms with van der Waals surface area (Å²) in [6.45, 7) is 22.2. The first-order chi connectivity index (χ1) is 34.8. The van der Waals surface area contributed by atoms with Crippen molar-refractivity contribution in [3.8, 4) is 55.6 Å². The predicted octanol–water partition coefficient (Wildman–Crippen LogP) is 20.0. The normalized spacial score (nSPS) is 11.2. The molecule has 0 aliphatic rings. The highest BCUT2D eigenvalue weighted by atomic mass is 15.2. The zero-order valence-corrected chi connectivity index (χ0v) is 43.5. The molecule has 0 atom stereocenters. The number of hydrogen-bond donors (Lipinski definition) is 0. The molecule has 0 N–H and O–H groups in total. The van der Waals surface area contributed by atoms with Crippen LogP contribution in [0.1, 0.15) is 55.6 Å². The van der Waals surface area contributed by atoms with Gasteiger partial charge in [-0.3, -0.25) is 0 Å². The monoisotopic (exact) mass is 933 g/mol. The van der Waals surface area contributed by atoms with Crippen LogP contribution < -0.4 is 9.80 Å². The maximum absolute atomic E-state index is 2.44. The maximum atomic E-state index is 2.44. The minimum Gasteiger partial charge on any atom is -0.310 e. The van der Waals surface area contributed by atoms with Crippen molar-refractivity contribution in [3.63, 3.8) is 0 Å². The summed E-state index contributed by atoms with van der Waals surface area (Å²) in [6, 6.07) is 76.8. The predicted molar refractivity (Wildman–Crippen MR) is 310 cm³/mol. The van der Waals surface area contributed by atoms with Crippen molar-refractivity contribution < 1.29 is 0 Å². The van der Waals surface area contributed by atoms with E-state index >= 15 is 0 Å². The van der Waals surface area contributed by atoms with E-state index in [1.807, 2.05) is 0 Å². The highest BCUT2D eigenvalue weighted by Crippen LogP contribution is 2.46. The molecule has 72 heavy (non-hydrogen) atoms. The number of benzene rings is 10. The molecule has 0 aliphatic heterocycles. The van der Waals surface area contributed by atoms with Gasteiger partial charge in [-0.15, -0.1) is 0 Å². The third-order valence-electron chi connectivity index (χ3n) is 14.8. The first-order valence-electron chi connectivity index (χ1n) is 25.3. The van der Waals surface area contributed by atoms with Crippen LogP contribution in [-0.4, -0.2) is 0 Å². The molecule has 2 nitrogen and oxygen atoms in total. The highest BCUT2D eigenvalue weighted by molar-refractivity contribution is 5.90. The van der Waals surface area contributed by atoms with Crippen molar-refractivity contribution in [3.05, 3.63) is 262 Å². The molecular formula is C70H64N2. The van der Waals surface area contributed by atoms with Crippen molar-refractivity contribution in [2.24, 2.45) is 0 Å². The topological polar surface area (TPSA) is 6.48 Å². The van der Waals surface area contributed by atoms with Crippen LogP contribution >= 0.6 is 0 Å². The molecular weight excluding hydrogens is 869 g/mol. The van der Waals surface area contributed by atoms with E-state index in [9.17, 15) is 0 Å². The lowest BCUT2D eigenvalue weighted by Gasteiger charge is -2.31. The van der Waals surface area contributed by atoms with E-state index in [-0.39, 0.29) is 0 Å². The van der Waals surface area contributed by atoms with Crippen molar-refractivity contribution >= 4 is 34.1 Å². The number of nitrogens with zero attached hydrogens (tertiary/aromatic N) is 2. The smallest absolute Gasteiger partial charge is 0.0488 e. The summed E-state index contributed by atoms with van der Waals surface area (Å²) in [5, 5.41) is 0. The van der Waals surface area contributed by atoms with Gasteiger partial charge in [0.05, 0.1) is 0 Å². The van der Waals surface area contributed by atoms with Gasteiger partial charge in [0.25, 0.3) is 0 Å². The van der Waals surface area contributed by atoms with Gasteiger partial charge in [-0.05, 0) is 247 Å². The van der Waals surface area contributed by atoms with Crippen molar-refractivity contribution in [1.82, 2.24) is 0 Å². The molecule has 0 fully saturated rings. The van der Waals surface area contributed by atoms with Gasteiger partial charge in [-0.25, -0.2) is 0 Å². The lowest BCUT2D eigenvalue weighted by molar-refractivity contribution is 1.24. The Morgan fingerprint density at radius 2 is 0.361 bits per heavy atom. The quantitative estimate of drug-likeness (QED) is 0.128. The third kappa shape index (κ3) is 9.17. The van der Waals surface area contributed by atoms with E-state index in [0.717, 1.165) is 39.7 Å². The van der Waals surface area contributed by atoms with Crippen molar-refractivity contribution in [2.45, 2.75) is 69.2 Å². The van der Waals surface area contributed by atoms with Crippen LogP contribution in [0, 0.1) is 69.2 Å². The Kier molecular flexibility index (Phi) is 13.1. The third-order valence-corrected chi connectivity index (χ3v) is 14.8. The van der Waals surface area contributed by atoms with E-state index in [1.165, 1.54) is 106 Å². The van der Waals surface area contributed by atoms with Gasteiger partial charge in [0.2, 0.25) is 0 Å². The van der Waals surface area contributed by atoms with Crippen LogP contribution in [0.3, 0.4) is 0 Å². The molecule has 0 amide bonds. The highest BCUT2D eigenvalue weighted by Gasteiger charge is 2.22. The molecule has 0 spiro atoms. The fraction of sp³-hybridized carbons (Fsp3) is 0.143. The summed E-state index contributed by atoms with van der Waals surface area (Å²) in [5.41, 5.74) is 31.5. The SMILES string of the molecule is Cc1cccc(C)c1-c1ccc(N(c2ccc(-c3c(C)cccc3C)cc2)c2cc(-c3c(C)cccc3C)cc(N(c3ccc(-c4c(C)cccc4C)cc3)c3ccc(-c4c(C)cccc4C)cc3)c2)cc1. The summed E-state index contributed by atoms with van der Waals surface area (Å²) >= 11 is 0. The molecule has 0 aromatic heterocycles. The Bertz CT molecular complexity index is 3090. The standard InChI is InChI=1S/C70H64N2/c1-45-16-11-17-46(2)66(45)55-26-34-60(35-27-55)71(61-36-28-56(29-37-61)67-47(3)18-12-19-48(67)4)64-42-59(70-53(9)24-15-25-54(70)10)43-65(44-64)72(62-38-30-57(31-39-62)68-49(5)20-13-21-50(68)6)63-40-32-58(33-41-63)69-51(7)22-14-23-52(69)8/h11-44H,1-10H3. The van der Waals surface area contributed by atoms with Gasteiger partial charge in [0.1, 0.15) is 0 Å². The number of rotatable bonds is 11. The summed E-state index contributed by atoms with van der Waals surface area (Å²) in [5.74, 6) is 0. The molecule has 0 aliphatic carbocycles. The molecule has 0 saturated carbocycles. The largest absolute Gasteiger partial charge is 0.310 e. The first-order valence-corrected chi connectivity index (χ1v) is 25.3. The Hall–Kier alpha value is -8.20. The second-order valence-electron chi connectivity index (χ2n) is 19.9. The average Bonchev–Trinajstić information content (AvgIpc) is 3.36. The van der Waals surface area contributed by atoms with Crippen LogP contribution in [0.4, 0.5) is 34.1 Å². The van der Waals surface area contributed by atoms with Gasteiger partial charge in [0, 0.05) is 34.1 Å². The van der Waals surface area contributed by atoms with Gasteiger partial charge in [0.15, 0.2) is 0 Å². The average molecular weight is 933 g/mol. The minimum atomic E-state index is 1.06. The Labute approximate surface area is 428 Å². The molecule has 10 aromatic rings. The molecule has 0 unspecified atom stereocenters. The van der Waals surface area contributed by atoms with E-state index in [2.05, 4.69) is 285 Å². The van der Waals surface area contributed by atoms with Crippen LogP contribution in [0.2, 0.25) is 0 Å². The lowest BCUT2D eigenvalue weighted by Crippen LogP contribution is -2.14. The van der Waals surface area contributed by atoms with Crippen LogP contribution in [-0.2, 0) is 0 Å². The van der Waals surface area contributed by atoms with Crippen LogP contribution in [0.25, 0.3) is 55.6 Å². The second-order valence-corrected chi connectivity index (χ2v) is 19.9. The summed E-state index contributed by atoms with van der Waals surface area (Å²) < 4.78 is 0. The second kappa shape index (κ2) is 19.9. The van der Waals surface area contributed by atoms with E-state index in [1.54, 1.807) is 0 Å². The molecule has 2 heteroatoms. The van der Waals surface area contributed by atoms with Gasteiger partial charge in [-0.2, -0.15) is 0 Å². The minimum absolute atomic E-state index is 1.06. The van der Waals surface area contributed by atoms with Crippen LogP contribution in [0.5, 0.6) is 0 Å². The number of aryl methyl sites for hydroxylation is 10. The Balaban J connectivity index is 1.21. The Morgan fingerprint density at radius 1 is 0.181 bits per heavy atom. The number of anilines is 6. The summed E-state index contributed by atoms with van der Waals surface area (Å²) in [7, 11) is 0. The van der Waals surface area contributed by atoms with Crippen molar-refractivity contribution in [2.75, 3.05) is 9.80 Å². The summed E-state index contributed by atoms with van der Waals surface area (Å²) in [6.07, 6.45) is 0. The fourth-order valence-electron chi connectivity index (χ4n) is 11.3. The molecule has 0 saturated heterocycles. The Morgan fingerprint density at radius 3 is 0.556 bits per heavy atom. The number of hydrogen-bond acceptors (Lipinski definition) is 2. The molecule has 10 rings (SSSR count).